The number of methoxy groups -OCH3 is 2. The molecule has 2 aromatic rings. The highest BCUT2D eigenvalue weighted by Gasteiger charge is 2.05. The van der Waals surface area contributed by atoms with Gasteiger partial charge in [0.2, 0.25) is 0 Å². The molecule has 0 amide bonds. The molecule has 0 atom stereocenters. The second kappa shape index (κ2) is 7.56. The highest BCUT2D eigenvalue weighted by Crippen LogP contribution is 2.23. The molecule has 22 heavy (non-hydrogen) atoms. The fourth-order valence-electron chi connectivity index (χ4n) is 1.85. The molecule has 116 valence electrons. The normalized spacial score (nSPS) is 11.1. The number of rotatable bonds is 6. The van der Waals surface area contributed by atoms with E-state index >= 15 is 0 Å². The number of hydrogen-bond donors (Lipinski definition) is 1. The first-order chi connectivity index (χ1) is 10.6. The van der Waals surface area contributed by atoms with Crippen LogP contribution in [0.2, 0.25) is 5.02 Å². The van der Waals surface area contributed by atoms with E-state index in [0.717, 1.165) is 16.9 Å². The minimum absolute atomic E-state index is 0.209. The molecule has 0 saturated heterocycles. The molecule has 2 N–H and O–H groups in total. The Hall–Kier alpha value is -2.40. The maximum Gasteiger partial charge on any atom is 0.170 e. The molecule has 5 nitrogen and oxygen atoms in total. The van der Waals surface area contributed by atoms with E-state index in [1.165, 1.54) is 0 Å². The van der Waals surface area contributed by atoms with Crippen LogP contribution in [-0.4, -0.2) is 20.1 Å². The van der Waals surface area contributed by atoms with Crippen LogP contribution in [-0.2, 0) is 11.4 Å². The zero-order valence-corrected chi connectivity index (χ0v) is 13.1. The van der Waals surface area contributed by atoms with E-state index in [1.807, 2.05) is 0 Å². The molecule has 0 fully saturated rings. The first kappa shape index (κ1) is 16.0. The van der Waals surface area contributed by atoms with Crippen molar-refractivity contribution < 1.29 is 14.3 Å². The van der Waals surface area contributed by atoms with Gasteiger partial charge in [0.1, 0.15) is 18.1 Å². The molecule has 0 saturated carbocycles. The summed E-state index contributed by atoms with van der Waals surface area (Å²) in [4.78, 5) is 5.28. The number of nitrogens with two attached hydrogens (primary N) is 1. The molecule has 0 aliphatic rings. The Morgan fingerprint density at radius 1 is 1.09 bits per heavy atom. The van der Waals surface area contributed by atoms with E-state index in [-0.39, 0.29) is 12.4 Å². The summed E-state index contributed by atoms with van der Waals surface area (Å²) in [6.45, 7) is 0.209. The van der Waals surface area contributed by atoms with Crippen LogP contribution < -0.4 is 15.2 Å². The van der Waals surface area contributed by atoms with Crippen LogP contribution in [0.5, 0.6) is 11.5 Å². The highest BCUT2D eigenvalue weighted by atomic mass is 35.5. The van der Waals surface area contributed by atoms with Crippen molar-refractivity contribution in [3.05, 3.63) is 58.6 Å². The summed E-state index contributed by atoms with van der Waals surface area (Å²) in [7, 11) is 3.19. The molecule has 0 unspecified atom stereocenters. The monoisotopic (exact) mass is 320 g/mol. The Morgan fingerprint density at radius 3 is 2.45 bits per heavy atom. The number of halogens is 1. The molecule has 2 rings (SSSR count). The quantitative estimate of drug-likeness (QED) is 0.504. The van der Waals surface area contributed by atoms with Gasteiger partial charge >= 0.3 is 0 Å². The van der Waals surface area contributed by atoms with Crippen molar-refractivity contribution in [1.29, 1.82) is 0 Å². The first-order valence-electron chi connectivity index (χ1n) is 6.56. The SMILES string of the molecule is COc1ccc(/C(N)=N/OCc2cc(Cl)ccc2OC)cc1. The van der Waals surface area contributed by atoms with Crippen LogP contribution in [0.1, 0.15) is 11.1 Å². The van der Waals surface area contributed by atoms with Crippen LogP contribution in [0.25, 0.3) is 0 Å². The van der Waals surface area contributed by atoms with E-state index in [9.17, 15) is 0 Å². The molecule has 2 aromatic carbocycles. The van der Waals surface area contributed by atoms with E-state index in [4.69, 9.17) is 31.6 Å². The van der Waals surface area contributed by atoms with Gasteiger partial charge in [-0.1, -0.05) is 16.8 Å². The average molecular weight is 321 g/mol. The van der Waals surface area contributed by atoms with Gasteiger partial charge in [-0.25, -0.2) is 0 Å². The summed E-state index contributed by atoms with van der Waals surface area (Å²) < 4.78 is 10.3. The van der Waals surface area contributed by atoms with Crippen molar-refractivity contribution in [2.45, 2.75) is 6.61 Å². The third-order valence-electron chi connectivity index (χ3n) is 3.01. The standard InChI is InChI=1S/C16H17ClN2O3/c1-20-14-6-3-11(4-7-14)16(18)19-22-10-12-9-13(17)5-8-15(12)21-2/h3-9H,10H2,1-2H3,(H2,18,19). The molecule has 6 heteroatoms. The second-order valence-electron chi connectivity index (χ2n) is 4.43. The number of amidine groups is 1. The minimum Gasteiger partial charge on any atom is -0.497 e. The van der Waals surface area contributed by atoms with Gasteiger partial charge in [-0.15, -0.1) is 0 Å². The summed E-state index contributed by atoms with van der Waals surface area (Å²) in [6.07, 6.45) is 0. The van der Waals surface area contributed by atoms with Crippen molar-refractivity contribution in [3.8, 4) is 11.5 Å². The lowest BCUT2D eigenvalue weighted by Crippen LogP contribution is -2.13. The van der Waals surface area contributed by atoms with E-state index in [2.05, 4.69) is 5.16 Å². The Morgan fingerprint density at radius 2 is 1.82 bits per heavy atom. The summed E-state index contributed by atoms with van der Waals surface area (Å²) in [5.41, 5.74) is 7.42. The smallest absolute Gasteiger partial charge is 0.170 e. The minimum atomic E-state index is 0.209. The Bertz CT molecular complexity index is 657. The van der Waals surface area contributed by atoms with Crippen molar-refractivity contribution in [1.82, 2.24) is 0 Å². The Balaban J connectivity index is 2.03. The molecule has 0 spiro atoms. The number of oxime groups is 1. The summed E-state index contributed by atoms with van der Waals surface area (Å²) in [5, 5.41) is 4.51. The molecule has 0 aliphatic heterocycles. The highest BCUT2D eigenvalue weighted by molar-refractivity contribution is 6.30. The topological polar surface area (TPSA) is 66.1 Å². The third kappa shape index (κ3) is 4.05. The van der Waals surface area contributed by atoms with Crippen molar-refractivity contribution in [2.24, 2.45) is 10.9 Å². The van der Waals surface area contributed by atoms with Gasteiger partial charge in [0.25, 0.3) is 0 Å². The number of ether oxygens (including phenoxy) is 2. The van der Waals surface area contributed by atoms with Crippen LogP contribution in [0.4, 0.5) is 0 Å². The lowest BCUT2D eigenvalue weighted by molar-refractivity contribution is 0.128. The molecule has 0 heterocycles. The summed E-state index contributed by atoms with van der Waals surface area (Å²) >= 11 is 5.96. The molecule has 0 aromatic heterocycles. The zero-order valence-electron chi connectivity index (χ0n) is 12.4. The largest absolute Gasteiger partial charge is 0.497 e. The lowest BCUT2D eigenvalue weighted by Gasteiger charge is -2.08. The molecule has 0 bridgehead atoms. The van der Waals surface area contributed by atoms with Gasteiger partial charge in [-0.3, -0.25) is 0 Å². The number of hydrogen-bond acceptors (Lipinski definition) is 4. The fourth-order valence-corrected chi connectivity index (χ4v) is 2.04. The molecule has 0 aliphatic carbocycles. The van der Waals surface area contributed by atoms with Gasteiger partial charge in [0.15, 0.2) is 5.84 Å². The predicted molar refractivity (Wildman–Crippen MR) is 86.5 cm³/mol. The lowest BCUT2D eigenvalue weighted by atomic mass is 10.2. The van der Waals surface area contributed by atoms with E-state index in [1.54, 1.807) is 56.7 Å². The fraction of sp³-hybridized carbons (Fsp3) is 0.188. The molecular weight excluding hydrogens is 304 g/mol. The average Bonchev–Trinajstić information content (AvgIpc) is 2.55. The van der Waals surface area contributed by atoms with Crippen LogP contribution in [0.15, 0.2) is 47.6 Å². The maximum atomic E-state index is 5.96. The van der Waals surface area contributed by atoms with Gasteiger partial charge in [0, 0.05) is 16.1 Å². The van der Waals surface area contributed by atoms with E-state index < -0.39 is 0 Å². The van der Waals surface area contributed by atoms with Crippen molar-refractivity contribution in [2.75, 3.05) is 14.2 Å². The number of nitrogens with zero attached hydrogens (tertiary/aromatic N) is 1. The molecule has 0 radical (unpaired) electrons. The van der Waals surface area contributed by atoms with Crippen LogP contribution in [0, 0.1) is 0 Å². The maximum absolute atomic E-state index is 5.96. The van der Waals surface area contributed by atoms with Crippen molar-refractivity contribution >= 4 is 17.4 Å². The van der Waals surface area contributed by atoms with Gasteiger partial charge in [0.05, 0.1) is 14.2 Å². The van der Waals surface area contributed by atoms with Crippen LogP contribution in [0.3, 0.4) is 0 Å². The molecular formula is C16H17ClN2O3. The zero-order chi connectivity index (χ0) is 15.9. The Labute approximate surface area is 134 Å². The van der Waals surface area contributed by atoms with Crippen LogP contribution >= 0.6 is 11.6 Å². The number of benzene rings is 2. The van der Waals surface area contributed by atoms with Crippen molar-refractivity contribution in [3.63, 3.8) is 0 Å². The first-order valence-corrected chi connectivity index (χ1v) is 6.94. The van der Waals surface area contributed by atoms with Gasteiger partial charge in [-0.05, 0) is 42.5 Å². The van der Waals surface area contributed by atoms with E-state index in [0.29, 0.717) is 10.8 Å². The predicted octanol–water partition coefficient (Wildman–Crippen LogP) is 3.19. The summed E-state index contributed by atoms with van der Waals surface area (Å²) in [6, 6.07) is 12.5. The van der Waals surface area contributed by atoms with Gasteiger partial charge in [-0.2, -0.15) is 0 Å². The third-order valence-corrected chi connectivity index (χ3v) is 3.25. The Kier molecular flexibility index (Phi) is 5.49. The summed E-state index contributed by atoms with van der Waals surface area (Å²) in [5.74, 6) is 1.72. The van der Waals surface area contributed by atoms with Gasteiger partial charge < -0.3 is 20.0 Å². The second-order valence-corrected chi connectivity index (χ2v) is 4.87.